The van der Waals surface area contributed by atoms with E-state index in [0.717, 1.165) is 27.4 Å². The van der Waals surface area contributed by atoms with Crippen molar-refractivity contribution in [1.82, 2.24) is 5.43 Å². The second-order valence-corrected chi connectivity index (χ2v) is 8.24. The fourth-order valence-corrected chi connectivity index (χ4v) is 3.34. The van der Waals surface area contributed by atoms with Crippen LogP contribution in [0.25, 0.3) is 0 Å². The van der Waals surface area contributed by atoms with Gasteiger partial charge in [0, 0.05) is 19.8 Å². The number of hydrazone groups is 1. The van der Waals surface area contributed by atoms with Crippen LogP contribution in [0.15, 0.2) is 53.6 Å². The minimum absolute atomic E-state index is 0.347. The monoisotopic (exact) mass is 388 g/mol. The molecule has 7 nitrogen and oxygen atoms in total. The number of rotatable bonds is 7. The number of para-hydroxylation sites is 1. The highest BCUT2D eigenvalue weighted by Gasteiger charge is 2.21. The summed E-state index contributed by atoms with van der Waals surface area (Å²) in [6.45, 7) is 1.45. The highest BCUT2D eigenvalue weighted by atomic mass is 32.2. The fraction of sp³-hybridized carbons (Fsp3) is 0.263. The van der Waals surface area contributed by atoms with Crippen LogP contribution in [-0.4, -0.2) is 47.4 Å². The summed E-state index contributed by atoms with van der Waals surface area (Å²) in [7, 11) is 0.290. The van der Waals surface area contributed by atoms with Crippen LogP contribution in [0.2, 0.25) is 0 Å². The molecule has 0 aliphatic rings. The van der Waals surface area contributed by atoms with Gasteiger partial charge in [-0.05, 0) is 36.2 Å². The Balaban J connectivity index is 2.05. The lowest BCUT2D eigenvalue weighted by molar-refractivity contribution is -0.119. The number of carbonyl (C=O) groups is 1. The van der Waals surface area contributed by atoms with Crippen molar-refractivity contribution in [2.75, 3.05) is 36.1 Å². The SMILES string of the molecule is Cc1ccccc1N(CC(=O)N/N=C\c1ccc(N(C)C)cc1)S(C)(=O)=O. The number of amides is 1. The van der Waals surface area contributed by atoms with Gasteiger partial charge >= 0.3 is 0 Å². The molecule has 1 amide bonds. The van der Waals surface area contributed by atoms with Gasteiger partial charge in [-0.3, -0.25) is 9.10 Å². The maximum Gasteiger partial charge on any atom is 0.260 e. The van der Waals surface area contributed by atoms with E-state index in [0.29, 0.717) is 5.69 Å². The summed E-state index contributed by atoms with van der Waals surface area (Å²) in [5.74, 6) is -0.523. The Labute approximate surface area is 160 Å². The van der Waals surface area contributed by atoms with Gasteiger partial charge in [0.25, 0.3) is 5.91 Å². The topological polar surface area (TPSA) is 82.1 Å². The van der Waals surface area contributed by atoms with Crippen LogP contribution in [0.1, 0.15) is 11.1 Å². The van der Waals surface area contributed by atoms with Gasteiger partial charge in [0.05, 0.1) is 18.2 Å². The highest BCUT2D eigenvalue weighted by molar-refractivity contribution is 7.92. The van der Waals surface area contributed by atoms with Crippen LogP contribution in [0.5, 0.6) is 0 Å². The Hall–Kier alpha value is -2.87. The average Bonchev–Trinajstić information content (AvgIpc) is 2.60. The van der Waals surface area contributed by atoms with E-state index in [2.05, 4.69) is 10.5 Å². The molecule has 2 rings (SSSR count). The van der Waals surface area contributed by atoms with Crippen molar-refractivity contribution in [1.29, 1.82) is 0 Å². The first-order valence-corrected chi connectivity index (χ1v) is 10.2. The smallest absolute Gasteiger partial charge is 0.260 e. The van der Waals surface area contributed by atoms with Crippen molar-refractivity contribution >= 4 is 33.5 Å². The van der Waals surface area contributed by atoms with Crippen molar-refractivity contribution in [3.8, 4) is 0 Å². The number of nitrogens with zero attached hydrogens (tertiary/aromatic N) is 3. The van der Waals surface area contributed by atoms with E-state index in [9.17, 15) is 13.2 Å². The number of anilines is 2. The number of hydrogen-bond acceptors (Lipinski definition) is 5. The average molecular weight is 388 g/mol. The molecule has 2 aromatic rings. The molecule has 0 bridgehead atoms. The van der Waals surface area contributed by atoms with Crippen LogP contribution in [0, 0.1) is 6.92 Å². The molecule has 144 valence electrons. The van der Waals surface area contributed by atoms with Crippen LogP contribution in [0.4, 0.5) is 11.4 Å². The van der Waals surface area contributed by atoms with E-state index in [1.807, 2.05) is 49.3 Å². The first-order valence-electron chi connectivity index (χ1n) is 8.31. The minimum atomic E-state index is -3.61. The lowest BCUT2D eigenvalue weighted by atomic mass is 10.2. The van der Waals surface area contributed by atoms with Crippen molar-refractivity contribution in [2.24, 2.45) is 5.10 Å². The summed E-state index contributed by atoms with van der Waals surface area (Å²) < 4.78 is 25.3. The van der Waals surface area contributed by atoms with Gasteiger partial charge in [-0.2, -0.15) is 5.10 Å². The number of hydrogen-bond donors (Lipinski definition) is 1. The number of aryl methyl sites for hydroxylation is 1. The third-order valence-electron chi connectivity index (χ3n) is 3.88. The summed E-state index contributed by atoms with van der Waals surface area (Å²) in [6, 6.07) is 14.6. The molecule has 0 heterocycles. The largest absolute Gasteiger partial charge is 0.378 e. The van der Waals surface area contributed by atoms with Crippen LogP contribution in [0.3, 0.4) is 0 Å². The molecule has 1 N–H and O–H groups in total. The Morgan fingerprint density at radius 3 is 2.30 bits per heavy atom. The van der Waals surface area contributed by atoms with Crippen LogP contribution in [-0.2, 0) is 14.8 Å². The van der Waals surface area contributed by atoms with Crippen molar-refractivity contribution < 1.29 is 13.2 Å². The molecule has 2 aromatic carbocycles. The van der Waals surface area contributed by atoms with Gasteiger partial charge in [-0.15, -0.1) is 0 Å². The third kappa shape index (κ3) is 5.82. The maximum atomic E-state index is 12.2. The molecule has 0 aliphatic carbocycles. The lowest BCUT2D eigenvalue weighted by Gasteiger charge is -2.23. The van der Waals surface area contributed by atoms with Gasteiger partial charge in [0.1, 0.15) is 6.54 Å². The van der Waals surface area contributed by atoms with E-state index in [1.165, 1.54) is 6.21 Å². The third-order valence-corrected chi connectivity index (χ3v) is 5.01. The second kappa shape index (κ2) is 8.68. The molecule has 0 unspecified atom stereocenters. The zero-order valence-corrected chi connectivity index (χ0v) is 16.7. The van der Waals surface area contributed by atoms with E-state index in [4.69, 9.17) is 0 Å². The second-order valence-electron chi connectivity index (χ2n) is 6.34. The van der Waals surface area contributed by atoms with E-state index in [-0.39, 0.29) is 6.54 Å². The van der Waals surface area contributed by atoms with E-state index in [1.54, 1.807) is 25.1 Å². The molecular formula is C19H24N4O3S. The number of benzene rings is 2. The fourth-order valence-electron chi connectivity index (χ4n) is 2.43. The van der Waals surface area contributed by atoms with Crippen molar-refractivity contribution in [3.63, 3.8) is 0 Å². The number of carbonyl (C=O) groups excluding carboxylic acids is 1. The first kappa shape index (κ1) is 20.4. The van der Waals surface area contributed by atoms with Gasteiger partial charge in [-0.1, -0.05) is 30.3 Å². The molecule has 0 fully saturated rings. The van der Waals surface area contributed by atoms with Crippen molar-refractivity contribution in [2.45, 2.75) is 6.92 Å². The highest BCUT2D eigenvalue weighted by Crippen LogP contribution is 2.21. The molecule has 0 atom stereocenters. The molecular weight excluding hydrogens is 364 g/mol. The predicted octanol–water partition coefficient (Wildman–Crippen LogP) is 1.98. The molecule has 27 heavy (non-hydrogen) atoms. The lowest BCUT2D eigenvalue weighted by Crippen LogP contribution is -2.39. The predicted molar refractivity (Wildman–Crippen MR) is 110 cm³/mol. The van der Waals surface area contributed by atoms with Gasteiger partial charge < -0.3 is 4.90 Å². The number of nitrogens with one attached hydrogen (secondary N) is 1. The summed E-state index contributed by atoms with van der Waals surface area (Å²) in [4.78, 5) is 14.2. The van der Waals surface area contributed by atoms with Gasteiger partial charge in [0.15, 0.2) is 0 Å². The summed E-state index contributed by atoms with van der Waals surface area (Å²) in [6.07, 6.45) is 2.58. The normalized spacial score (nSPS) is 11.4. The Kier molecular flexibility index (Phi) is 6.57. The molecule has 0 saturated heterocycles. The van der Waals surface area contributed by atoms with E-state index >= 15 is 0 Å². The Morgan fingerprint density at radius 1 is 1.11 bits per heavy atom. The van der Waals surface area contributed by atoms with Gasteiger partial charge in [0.2, 0.25) is 10.0 Å². The van der Waals surface area contributed by atoms with Gasteiger partial charge in [-0.25, -0.2) is 13.8 Å². The Bertz CT molecular complexity index is 922. The van der Waals surface area contributed by atoms with E-state index < -0.39 is 15.9 Å². The minimum Gasteiger partial charge on any atom is -0.378 e. The molecule has 0 radical (unpaired) electrons. The summed E-state index contributed by atoms with van der Waals surface area (Å²) in [5.41, 5.74) is 5.48. The molecule has 8 heteroatoms. The van der Waals surface area contributed by atoms with Crippen molar-refractivity contribution in [3.05, 3.63) is 59.7 Å². The molecule has 0 spiro atoms. The Morgan fingerprint density at radius 2 is 1.74 bits per heavy atom. The molecule has 0 aliphatic heterocycles. The van der Waals surface area contributed by atoms with Crippen LogP contribution >= 0.6 is 0 Å². The molecule has 0 saturated carbocycles. The summed E-state index contributed by atoms with van der Waals surface area (Å²) in [5, 5.41) is 3.91. The molecule has 0 aromatic heterocycles. The number of sulfonamides is 1. The quantitative estimate of drug-likeness (QED) is 0.581. The zero-order chi connectivity index (χ0) is 20.0. The zero-order valence-electron chi connectivity index (χ0n) is 15.9. The first-order chi connectivity index (χ1) is 12.7. The maximum absolute atomic E-state index is 12.2. The summed E-state index contributed by atoms with van der Waals surface area (Å²) >= 11 is 0. The van der Waals surface area contributed by atoms with Crippen LogP contribution < -0.4 is 14.6 Å². The standard InChI is InChI=1S/C19H24N4O3S/c1-15-7-5-6-8-18(15)23(27(4,25)26)14-19(24)21-20-13-16-9-11-17(12-10-16)22(2)3/h5-13H,14H2,1-4H3,(H,21,24)/b20-13-.